The van der Waals surface area contributed by atoms with Crippen LogP contribution in [0, 0.1) is 0 Å². The lowest BCUT2D eigenvalue weighted by molar-refractivity contribution is 0.476. The van der Waals surface area contributed by atoms with E-state index in [1.54, 1.807) is 12.4 Å². The van der Waals surface area contributed by atoms with Crippen LogP contribution in [0.3, 0.4) is 0 Å². The average molecular weight is 343 g/mol. The van der Waals surface area contributed by atoms with Gasteiger partial charge in [-0.25, -0.2) is 0 Å². The summed E-state index contributed by atoms with van der Waals surface area (Å²) in [5.41, 5.74) is 1.10. The van der Waals surface area contributed by atoms with Gasteiger partial charge in [-0.15, -0.1) is 0 Å². The van der Waals surface area contributed by atoms with Crippen LogP contribution in [-0.4, -0.2) is 4.98 Å². The Morgan fingerprint density at radius 1 is 1.25 bits per heavy atom. The molecule has 1 heterocycles. The molecule has 0 atom stereocenters. The molecule has 2 nitrogen and oxygen atoms in total. The molecular formula is C12H9Br2NO. The first-order valence-corrected chi connectivity index (χ1v) is 6.63. The molecule has 0 aliphatic heterocycles. The van der Waals surface area contributed by atoms with Crippen molar-refractivity contribution in [1.29, 1.82) is 0 Å². The zero-order valence-corrected chi connectivity index (χ0v) is 11.5. The molecule has 82 valence electrons. The highest BCUT2D eigenvalue weighted by molar-refractivity contribution is 9.10. The van der Waals surface area contributed by atoms with E-state index in [9.17, 15) is 0 Å². The third-order valence-electron chi connectivity index (χ3n) is 2.03. The van der Waals surface area contributed by atoms with E-state index < -0.39 is 0 Å². The van der Waals surface area contributed by atoms with Crippen molar-refractivity contribution in [2.75, 3.05) is 0 Å². The largest absolute Gasteiger partial charge is 0.455 e. The summed E-state index contributed by atoms with van der Waals surface area (Å²) in [6, 6.07) is 9.65. The van der Waals surface area contributed by atoms with Gasteiger partial charge in [-0.2, -0.15) is 0 Å². The number of hydrogen-bond donors (Lipinski definition) is 0. The van der Waals surface area contributed by atoms with E-state index in [4.69, 9.17) is 4.74 Å². The van der Waals surface area contributed by atoms with E-state index in [0.717, 1.165) is 26.9 Å². The second kappa shape index (κ2) is 5.46. The summed E-state index contributed by atoms with van der Waals surface area (Å²) in [7, 11) is 0. The highest BCUT2D eigenvalue weighted by Gasteiger charge is 2.04. The van der Waals surface area contributed by atoms with Gasteiger partial charge >= 0.3 is 0 Å². The molecule has 4 heteroatoms. The number of benzene rings is 1. The first kappa shape index (κ1) is 11.6. The van der Waals surface area contributed by atoms with E-state index in [2.05, 4.69) is 36.8 Å². The van der Waals surface area contributed by atoms with Gasteiger partial charge in [0.15, 0.2) is 0 Å². The van der Waals surface area contributed by atoms with Crippen molar-refractivity contribution >= 4 is 31.9 Å². The molecule has 0 aliphatic rings. The van der Waals surface area contributed by atoms with Gasteiger partial charge in [0.05, 0.1) is 6.20 Å². The van der Waals surface area contributed by atoms with Gasteiger partial charge in [0.1, 0.15) is 11.5 Å². The molecular weight excluding hydrogens is 334 g/mol. The Hall–Kier alpha value is -0.870. The standard InChI is InChI=1S/C12H9Br2NO/c13-7-9-6-10(14)3-4-12(9)16-11-2-1-5-15-8-11/h1-6,8H,7H2. The van der Waals surface area contributed by atoms with E-state index in [1.165, 1.54) is 0 Å². The maximum Gasteiger partial charge on any atom is 0.145 e. The Morgan fingerprint density at radius 2 is 2.12 bits per heavy atom. The minimum atomic E-state index is 0.743. The summed E-state index contributed by atoms with van der Waals surface area (Å²) in [6.45, 7) is 0. The van der Waals surface area contributed by atoms with E-state index in [-0.39, 0.29) is 0 Å². The quantitative estimate of drug-likeness (QED) is 0.764. The van der Waals surface area contributed by atoms with Crippen molar-refractivity contribution in [3.05, 3.63) is 52.8 Å². The van der Waals surface area contributed by atoms with Crippen LogP contribution < -0.4 is 4.74 Å². The van der Waals surface area contributed by atoms with Gasteiger partial charge in [0.2, 0.25) is 0 Å². The van der Waals surface area contributed by atoms with Crippen LogP contribution in [-0.2, 0) is 5.33 Å². The Kier molecular flexibility index (Phi) is 3.96. The van der Waals surface area contributed by atoms with Crippen molar-refractivity contribution < 1.29 is 4.74 Å². The van der Waals surface area contributed by atoms with E-state index >= 15 is 0 Å². The molecule has 0 aliphatic carbocycles. The summed E-state index contributed by atoms with van der Waals surface area (Å²) in [5.74, 6) is 1.58. The lowest BCUT2D eigenvalue weighted by atomic mass is 10.2. The number of ether oxygens (including phenoxy) is 1. The maximum atomic E-state index is 5.74. The Balaban J connectivity index is 2.28. The summed E-state index contributed by atoms with van der Waals surface area (Å²) in [5, 5.41) is 0.752. The number of nitrogens with zero attached hydrogens (tertiary/aromatic N) is 1. The van der Waals surface area contributed by atoms with E-state index in [0.29, 0.717) is 0 Å². The molecule has 1 aromatic heterocycles. The predicted octanol–water partition coefficient (Wildman–Crippen LogP) is 4.53. The topological polar surface area (TPSA) is 22.1 Å². The van der Waals surface area contributed by atoms with Crippen LogP contribution in [0.2, 0.25) is 0 Å². The molecule has 0 saturated heterocycles. The highest BCUT2D eigenvalue weighted by Crippen LogP contribution is 2.29. The van der Waals surface area contributed by atoms with Crippen LogP contribution in [0.15, 0.2) is 47.2 Å². The van der Waals surface area contributed by atoms with Crippen LogP contribution in [0.1, 0.15) is 5.56 Å². The average Bonchev–Trinajstić information content (AvgIpc) is 2.33. The predicted molar refractivity (Wildman–Crippen MR) is 71.1 cm³/mol. The summed E-state index contributed by atoms with van der Waals surface area (Å²) >= 11 is 6.87. The summed E-state index contributed by atoms with van der Waals surface area (Å²) in [4.78, 5) is 4.01. The second-order valence-corrected chi connectivity index (χ2v) is 4.65. The van der Waals surface area contributed by atoms with Gasteiger partial charge < -0.3 is 4.74 Å². The van der Waals surface area contributed by atoms with E-state index in [1.807, 2.05) is 30.3 Å². The molecule has 0 spiro atoms. The van der Waals surface area contributed by atoms with Crippen molar-refractivity contribution in [3.8, 4) is 11.5 Å². The van der Waals surface area contributed by atoms with Gasteiger partial charge in [-0.05, 0) is 30.3 Å². The van der Waals surface area contributed by atoms with Crippen LogP contribution in [0.4, 0.5) is 0 Å². The zero-order chi connectivity index (χ0) is 11.4. The number of halogens is 2. The first-order chi connectivity index (χ1) is 7.79. The van der Waals surface area contributed by atoms with Gasteiger partial charge in [-0.1, -0.05) is 31.9 Å². The maximum absolute atomic E-state index is 5.74. The minimum absolute atomic E-state index is 0.743. The third-order valence-corrected chi connectivity index (χ3v) is 3.13. The molecule has 0 bridgehead atoms. The number of pyridine rings is 1. The van der Waals surface area contributed by atoms with Crippen LogP contribution in [0.5, 0.6) is 11.5 Å². The minimum Gasteiger partial charge on any atom is -0.455 e. The van der Waals surface area contributed by atoms with Crippen LogP contribution in [0.25, 0.3) is 0 Å². The molecule has 1 aromatic carbocycles. The Morgan fingerprint density at radius 3 is 2.81 bits per heavy atom. The molecule has 0 N–H and O–H groups in total. The third kappa shape index (κ3) is 2.83. The number of aromatic nitrogens is 1. The molecule has 0 amide bonds. The van der Waals surface area contributed by atoms with Crippen LogP contribution >= 0.6 is 31.9 Å². The lowest BCUT2D eigenvalue weighted by Crippen LogP contribution is -1.89. The monoisotopic (exact) mass is 341 g/mol. The smallest absolute Gasteiger partial charge is 0.145 e. The fourth-order valence-corrected chi connectivity index (χ4v) is 2.13. The Bertz CT molecular complexity index is 474. The number of hydrogen-bond acceptors (Lipinski definition) is 2. The fourth-order valence-electron chi connectivity index (χ4n) is 1.29. The first-order valence-electron chi connectivity index (χ1n) is 4.72. The molecule has 0 radical (unpaired) electrons. The molecule has 2 rings (SSSR count). The number of alkyl halides is 1. The van der Waals surface area contributed by atoms with Crippen molar-refractivity contribution in [2.45, 2.75) is 5.33 Å². The van der Waals surface area contributed by atoms with Crippen molar-refractivity contribution in [2.24, 2.45) is 0 Å². The SMILES string of the molecule is BrCc1cc(Br)ccc1Oc1cccnc1. The van der Waals surface area contributed by atoms with Gasteiger partial charge in [0.25, 0.3) is 0 Å². The second-order valence-electron chi connectivity index (χ2n) is 3.18. The van der Waals surface area contributed by atoms with Gasteiger partial charge in [-0.3, -0.25) is 4.98 Å². The molecule has 0 unspecified atom stereocenters. The zero-order valence-electron chi connectivity index (χ0n) is 8.36. The normalized spacial score (nSPS) is 10.1. The molecule has 2 aromatic rings. The summed E-state index contributed by atoms with van der Waals surface area (Å²) in [6.07, 6.45) is 3.42. The van der Waals surface area contributed by atoms with Crippen molar-refractivity contribution in [3.63, 3.8) is 0 Å². The lowest BCUT2D eigenvalue weighted by Gasteiger charge is -2.09. The fraction of sp³-hybridized carbons (Fsp3) is 0.0833. The molecule has 0 saturated carbocycles. The Labute approximate surface area is 111 Å². The number of rotatable bonds is 3. The van der Waals surface area contributed by atoms with Gasteiger partial charge in [0, 0.05) is 21.6 Å². The van der Waals surface area contributed by atoms with Crippen molar-refractivity contribution in [1.82, 2.24) is 4.98 Å². The molecule has 16 heavy (non-hydrogen) atoms. The molecule has 0 fully saturated rings. The summed E-state index contributed by atoms with van der Waals surface area (Å²) < 4.78 is 6.78. The highest BCUT2D eigenvalue weighted by atomic mass is 79.9.